The van der Waals surface area contributed by atoms with Crippen LogP contribution in [0, 0.1) is 6.92 Å². The fourth-order valence-electron chi connectivity index (χ4n) is 1.81. The minimum absolute atomic E-state index is 0.318. The van der Waals surface area contributed by atoms with E-state index in [2.05, 4.69) is 37.9 Å². The zero-order valence-electron chi connectivity index (χ0n) is 10.7. The summed E-state index contributed by atoms with van der Waals surface area (Å²) in [4.78, 5) is 2.23. The first kappa shape index (κ1) is 13.0. The first-order chi connectivity index (χ1) is 7.60. The summed E-state index contributed by atoms with van der Waals surface area (Å²) in [5, 5.41) is 0. The van der Waals surface area contributed by atoms with Crippen molar-refractivity contribution in [3.63, 3.8) is 0 Å². The molecule has 0 aliphatic carbocycles. The minimum atomic E-state index is 0.318. The van der Waals surface area contributed by atoms with Gasteiger partial charge < -0.3 is 10.5 Å². The van der Waals surface area contributed by atoms with Gasteiger partial charge in [0.05, 0.1) is 7.11 Å². The van der Waals surface area contributed by atoms with Crippen molar-refractivity contribution in [3.8, 4) is 5.75 Å². The molecule has 0 saturated carbocycles. The molecule has 1 rings (SSSR count). The summed E-state index contributed by atoms with van der Waals surface area (Å²) in [5.41, 5.74) is 8.05. The van der Waals surface area contributed by atoms with Crippen molar-refractivity contribution in [1.82, 2.24) is 4.90 Å². The van der Waals surface area contributed by atoms with Gasteiger partial charge in [0, 0.05) is 24.7 Å². The van der Waals surface area contributed by atoms with Crippen LogP contribution in [0.5, 0.6) is 5.75 Å². The Morgan fingerprint density at radius 1 is 1.44 bits per heavy atom. The highest BCUT2D eigenvalue weighted by Gasteiger charge is 2.15. The van der Waals surface area contributed by atoms with E-state index in [4.69, 9.17) is 10.5 Å². The maximum absolute atomic E-state index is 5.57. The summed E-state index contributed by atoms with van der Waals surface area (Å²) < 4.78 is 5.39. The molecule has 0 saturated heterocycles. The summed E-state index contributed by atoms with van der Waals surface area (Å²) in [6.07, 6.45) is 0. The monoisotopic (exact) mass is 222 g/mol. The van der Waals surface area contributed by atoms with Crippen LogP contribution < -0.4 is 10.5 Å². The normalized spacial score (nSPS) is 12.9. The maximum atomic E-state index is 5.57. The van der Waals surface area contributed by atoms with Gasteiger partial charge in [-0.3, -0.25) is 4.90 Å². The number of methoxy groups -OCH3 is 1. The van der Waals surface area contributed by atoms with Crippen LogP contribution in [-0.4, -0.2) is 32.1 Å². The molecule has 2 N–H and O–H groups in total. The summed E-state index contributed by atoms with van der Waals surface area (Å²) in [6, 6.07) is 6.59. The van der Waals surface area contributed by atoms with Crippen molar-refractivity contribution >= 4 is 0 Å². The van der Waals surface area contributed by atoms with Gasteiger partial charge in [0.25, 0.3) is 0 Å². The van der Waals surface area contributed by atoms with Crippen molar-refractivity contribution < 1.29 is 4.74 Å². The number of rotatable bonds is 5. The van der Waals surface area contributed by atoms with Crippen molar-refractivity contribution in [2.24, 2.45) is 5.73 Å². The molecule has 1 aromatic rings. The van der Waals surface area contributed by atoms with Gasteiger partial charge in [0.15, 0.2) is 0 Å². The molecular formula is C13H22N2O. The fourth-order valence-corrected chi connectivity index (χ4v) is 1.81. The molecule has 3 heteroatoms. The number of likely N-dealkylation sites (N-methyl/N-ethyl adjacent to an activating group) is 1. The SMILES string of the molecule is COc1ccc(C)cc1C(C)N(C)CCN. The Hall–Kier alpha value is -1.06. The number of benzene rings is 1. The number of nitrogens with two attached hydrogens (primary N) is 1. The van der Waals surface area contributed by atoms with Crippen LogP contribution in [0.15, 0.2) is 18.2 Å². The van der Waals surface area contributed by atoms with Crippen molar-refractivity contribution in [1.29, 1.82) is 0 Å². The summed E-state index contributed by atoms with van der Waals surface area (Å²) in [5.74, 6) is 0.946. The molecule has 16 heavy (non-hydrogen) atoms. The van der Waals surface area contributed by atoms with E-state index in [1.165, 1.54) is 11.1 Å². The minimum Gasteiger partial charge on any atom is -0.496 e. The van der Waals surface area contributed by atoms with Gasteiger partial charge in [-0.15, -0.1) is 0 Å². The lowest BCUT2D eigenvalue weighted by Gasteiger charge is -2.26. The second-order valence-corrected chi connectivity index (χ2v) is 4.19. The van der Waals surface area contributed by atoms with Crippen molar-refractivity contribution in [2.75, 3.05) is 27.2 Å². The quantitative estimate of drug-likeness (QED) is 0.827. The van der Waals surface area contributed by atoms with Crippen LogP contribution >= 0.6 is 0 Å². The molecule has 0 aromatic heterocycles. The lowest BCUT2D eigenvalue weighted by Crippen LogP contribution is -2.28. The van der Waals surface area contributed by atoms with Crippen LogP contribution in [0.1, 0.15) is 24.1 Å². The average Bonchev–Trinajstić information content (AvgIpc) is 2.28. The van der Waals surface area contributed by atoms with Gasteiger partial charge in [0.1, 0.15) is 5.75 Å². The predicted octanol–water partition coefficient (Wildman–Crippen LogP) is 1.96. The van der Waals surface area contributed by atoms with Gasteiger partial charge in [-0.05, 0) is 27.0 Å². The highest BCUT2D eigenvalue weighted by molar-refractivity contribution is 5.38. The predicted molar refractivity (Wildman–Crippen MR) is 67.8 cm³/mol. The van der Waals surface area contributed by atoms with E-state index >= 15 is 0 Å². The highest BCUT2D eigenvalue weighted by atomic mass is 16.5. The van der Waals surface area contributed by atoms with E-state index in [-0.39, 0.29) is 0 Å². The standard InChI is InChI=1S/C13H22N2O/c1-10-5-6-13(16-4)12(9-10)11(2)15(3)8-7-14/h5-6,9,11H,7-8,14H2,1-4H3. The van der Waals surface area contributed by atoms with Gasteiger partial charge >= 0.3 is 0 Å². The van der Waals surface area contributed by atoms with E-state index in [1.54, 1.807) is 7.11 Å². The zero-order valence-corrected chi connectivity index (χ0v) is 10.7. The Balaban J connectivity index is 2.96. The molecular weight excluding hydrogens is 200 g/mol. The third-order valence-electron chi connectivity index (χ3n) is 2.98. The Bertz CT molecular complexity index is 339. The molecule has 0 amide bonds. The first-order valence-corrected chi connectivity index (χ1v) is 5.65. The lowest BCUT2D eigenvalue weighted by atomic mass is 10.0. The Labute approximate surface area is 98.2 Å². The van der Waals surface area contributed by atoms with Crippen LogP contribution in [0.4, 0.5) is 0 Å². The Morgan fingerprint density at radius 2 is 2.12 bits per heavy atom. The molecule has 1 unspecified atom stereocenters. The number of hydrogen-bond acceptors (Lipinski definition) is 3. The average molecular weight is 222 g/mol. The summed E-state index contributed by atoms with van der Waals surface area (Å²) in [7, 11) is 3.79. The number of aryl methyl sites for hydroxylation is 1. The van der Waals surface area contributed by atoms with E-state index < -0.39 is 0 Å². The zero-order chi connectivity index (χ0) is 12.1. The Morgan fingerprint density at radius 3 is 2.69 bits per heavy atom. The van der Waals surface area contributed by atoms with Gasteiger partial charge in [-0.1, -0.05) is 17.7 Å². The largest absolute Gasteiger partial charge is 0.496 e. The van der Waals surface area contributed by atoms with E-state index in [0.29, 0.717) is 12.6 Å². The van der Waals surface area contributed by atoms with Crippen LogP contribution in [0.3, 0.4) is 0 Å². The third kappa shape index (κ3) is 2.97. The molecule has 0 heterocycles. The van der Waals surface area contributed by atoms with Gasteiger partial charge in [0.2, 0.25) is 0 Å². The van der Waals surface area contributed by atoms with Crippen LogP contribution in [0.25, 0.3) is 0 Å². The van der Waals surface area contributed by atoms with E-state index in [0.717, 1.165) is 12.3 Å². The molecule has 1 aromatic carbocycles. The number of nitrogens with zero attached hydrogens (tertiary/aromatic N) is 1. The highest BCUT2D eigenvalue weighted by Crippen LogP contribution is 2.28. The molecule has 0 aliphatic rings. The molecule has 0 radical (unpaired) electrons. The van der Waals surface area contributed by atoms with Crippen LogP contribution in [0.2, 0.25) is 0 Å². The first-order valence-electron chi connectivity index (χ1n) is 5.65. The molecule has 3 nitrogen and oxygen atoms in total. The van der Waals surface area contributed by atoms with Gasteiger partial charge in [-0.25, -0.2) is 0 Å². The second kappa shape index (κ2) is 5.87. The fraction of sp³-hybridized carbons (Fsp3) is 0.538. The summed E-state index contributed by atoms with van der Waals surface area (Å²) >= 11 is 0. The molecule has 0 aliphatic heterocycles. The molecule has 0 fully saturated rings. The maximum Gasteiger partial charge on any atom is 0.123 e. The van der Waals surface area contributed by atoms with Gasteiger partial charge in [-0.2, -0.15) is 0 Å². The lowest BCUT2D eigenvalue weighted by molar-refractivity contribution is 0.262. The number of hydrogen-bond donors (Lipinski definition) is 1. The Kier molecular flexibility index (Phi) is 4.77. The van der Waals surface area contributed by atoms with Crippen LogP contribution in [-0.2, 0) is 0 Å². The smallest absolute Gasteiger partial charge is 0.123 e. The summed E-state index contributed by atoms with van der Waals surface area (Å²) in [6.45, 7) is 5.83. The van der Waals surface area contributed by atoms with Crippen molar-refractivity contribution in [2.45, 2.75) is 19.9 Å². The van der Waals surface area contributed by atoms with E-state index in [1.807, 2.05) is 6.07 Å². The molecule has 0 bridgehead atoms. The second-order valence-electron chi connectivity index (χ2n) is 4.19. The number of ether oxygens (including phenoxy) is 1. The molecule has 0 spiro atoms. The molecule has 1 atom stereocenters. The topological polar surface area (TPSA) is 38.5 Å². The van der Waals surface area contributed by atoms with Crippen molar-refractivity contribution in [3.05, 3.63) is 29.3 Å². The third-order valence-corrected chi connectivity index (χ3v) is 2.98. The van der Waals surface area contributed by atoms with E-state index in [9.17, 15) is 0 Å². The molecule has 90 valence electrons.